The molecule has 0 aromatic carbocycles. The minimum absolute atomic E-state index is 3.14. The highest BCUT2D eigenvalue weighted by atomic mass is 19.4. The summed E-state index contributed by atoms with van der Waals surface area (Å²) >= 11 is 0. The van der Waals surface area contributed by atoms with Crippen LogP contribution in [0.5, 0.6) is 0 Å². The number of hydrogen-bond acceptors (Lipinski definition) is 0. The van der Waals surface area contributed by atoms with Crippen LogP contribution in [0.1, 0.15) is 0 Å². The molecule has 0 fully saturated rings. The van der Waals surface area contributed by atoms with E-state index in [0.29, 0.717) is 0 Å². The SMILES string of the molecule is F[C](C(F)C(F)C(F)F)C(F)C(F)(F)F. The monoisotopic (exact) mass is 247 g/mol. The van der Waals surface area contributed by atoms with E-state index in [1.54, 1.807) is 0 Å². The van der Waals surface area contributed by atoms with E-state index in [-0.39, 0.29) is 0 Å². The Hall–Kier alpha value is -0.630. The molecule has 0 rings (SSSR count). The summed E-state index contributed by atoms with van der Waals surface area (Å²) in [4.78, 5) is 0. The first-order valence-electron chi connectivity index (χ1n) is 3.38. The third-order valence-electron chi connectivity index (χ3n) is 1.31. The van der Waals surface area contributed by atoms with Crippen LogP contribution in [-0.4, -0.2) is 31.1 Å². The molecular formula is C6H4F9. The highest BCUT2D eigenvalue weighted by molar-refractivity contribution is 5.01. The largest absolute Gasteiger partial charge is 0.423 e. The summed E-state index contributed by atoms with van der Waals surface area (Å²) in [5.41, 5.74) is 0. The predicted octanol–water partition coefficient (Wildman–Crippen LogP) is 3.33. The topological polar surface area (TPSA) is 0 Å². The average molecular weight is 247 g/mol. The number of alkyl halides is 8. The molecule has 0 saturated heterocycles. The van der Waals surface area contributed by atoms with Gasteiger partial charge >= 0.3 is 6.18 Å². The van der Waals surface area contributed by atoms with Gasteiger partial charge in [0, 0.05) is 0 Å². The van der Waals surface area contributed by atoms with Crippen molar-refractivity contribution in [2.24, 2.45) is 0 Å². The van der Waals surface area contributed by atoms with Crippen molar-refractivity contribution < 1.29 is 39.5 Å². The maximum Gasteiger partial charge on any atom is 0.423 e. The zero-order valence-corrected chi connectivity index (χ0v) is 6.71. The van der Waals surface area contributed by atoms with Gasteiger partial charge < -0.3 is 0 Å². The van der Waals surface area contributed by atoms with Crippen molar-refractivity contribution in [3.05, 3.63) is 6.17 Å². The Labute approximate surface area is 78.1 Å². The van der Waals surface area contributed by atoms with Crippen LogP contribution < -0.4 is 0 Å². The lowest BCUT2D eigenvalue weighted by Gasteiger charge is -2.20. The quantitative estimate of drug-likeness (QED) is 0.668. The molecule has 0 saturated carbocycles. The molecular weight excluding hydrogens is 243 g/mol. The first-order chi connectivity index (χ1) is 6.59. The van der Waals surface area contributed by atoms with Crippen molar-refractivity contribution in [3.8, 4) is 0 Å². The van der Waals surface area contributed by atoms with E-state index in [1.165, 1.54) is 0 Å². The second kappa shape index (κ2) is 4.93. The molecule has 91 valence electrons. The van der Waals surface area contributed by atoms with Gasteiger partial charge in [0.05, 0.1) is 0 Å². The van der Waals surface area contributed by atoms with Crippen molar-refractivity contribution in [2.45, 2.75) is 31.1 Å². The van der Waals surface area contributed by atoms with Gasteiger partial charge in [-0.15, -0.1) is 0 Å². The van der Waals surface area contributed by atoms with Gasteiger partial charge in [0.2, 0.25) is 12.3 Å². The standard InChI is InChI=1S/C6H4F9/c7-1(3(9)5(11)12)2(8)4(10)6(13,14)15/h1,3-5H. The molecule has 0 aliphatic heterocycles. The van der Waals surface area contributed by atoms with Gasteiger partial charge in [-0.2, -0.15) is 13.2 Å². The van der Waals surface area contributed by atoms with Crippen LogP contribution in [0.3, 0.4) is 0 Å². The van der Waals surface area contributed by atoms with Gasteiger partial charge in [0.15, 0.2) is 12.3 Å². The highest BCUT2D eigenvalue weighted by Crippen LogP contribution is 2.35. The summed E-state index contributed by atoms with van der Waals surface area (Å²) in [5, 5.41) is 0. The molecule has 15 heavy (non-hydrogen) atoms. The lowest BCUT2D eigenvalue weighted by atomic mass is 10.1. The second-order valence-corrected chi connectivity index (χ2v) is 2.47. The summed E-state index contributed by atoms with van der Waals surface area (Å²) in [6.45, 7) is 0. The van der Waals surface area contributed by atoms with Crippen molar-refractivity contribution in [3.63, 3.8) is 0 Å². The van der Waals surface area contributed by atoms with Crippen LogP contribution in [0.2, 0.25) is 0 Å². The Morgan fingerprint density at radius 2 is 1.27 bits per heavy atom. The van der Waals surface area contributed by atoms with Crippen LogP contribution in [0.15, 0.2) is 0 Å². The zero-order chi connectivity index (χ0) is 12.4. The van der Waals surface area contributed by atoms with Gasteiger partial charge in [-0.1, -0.05) is 0 Å². The van der Waals surface area contributed by atoms with E-state index in [4.69, 9.17) is 0 Å². The first kappa shape index (κ1) is 14.4. The average Bonchev–Trinajstić information content (AvgIpc) is 2.11. The van der Waals surface area contributed by atoms with E-state index >= 15 is 0 Å². The molecule has 0 heterocycles. The molecule has 3 atom stereocenters. The van der Waals surface area contributed by atoms with Crippen LogP contribution >= 0.6 is 0 Å². The second-order valence-electron chi connectivity index (χ2n) is 2.47. The normalized spacial score (nSPS) is 19.4. The molecule has 1 radical (unpaired) electrons. The third kappa shape index (κ3) is 3.78. The van der Waals surface area contributed by atoms with E-state index in [1.807, 2.05) is 0 Å². The van der Waals surface area contributed by atoms with Crippen LogP contribution in [0.4, 0.5) is 39.5 Å². The van der Waals surface area contributed by atoms with Gasteiger partial charge in [0.1, 0.15) is 0 Å². The van der Waals surface area contributed by atoms with Crippen molar-refractivity contribution in [1.29, 1.82) is 0 Å². The highest BCUT2D eigenvalue weighted by Gasteiger charge is 2.53. The van der Waals surface area contributed by atoms with E-state index in [0.717, 1.165) is 0 Å². The fourth-order valence-corrected chi connectivity index (χ4v) is 0.576. The molecule has 0 bridgehead atoms. The maximum absolute atomic E-state index is 12.2. The Morgan fingerprint density at radius 3 is 1.53 bits per heavy atom. The molecule has 9 heteroatoms. The van der Waals surface area contributed by atoms with E-state index in [2.05, 4.69) is 0 Å². The number of hydrogen-bond donors (Lipinski definition) is 0. The molecule has 0 aliphatic carbocycles. The molecule has 0 aromatic rings. The minimum atomic E-state index is -5.80. The van der Waals surface area contributed by atoms with Gasteiger partial charge in [-0.3, -0.25) is 0 Å². The molecule has 0 nitrogen and oxygen atoms in total. The summed E-state index contributed by atoms with van der Waals surface area (Å²) in [6, 6.07) is 0. The number of halogens is 9. The van der Waals surface area contributed by atoms with Crippen LogP contribution in [0.25, 0.3) is 0 Å². The Balaban J connectivity index is 4.51. The lowest BCUT2D eigenvalue weighted by Crippen LogP contribution is -2.39. The lowest BCUT2D eigenvalue weighted by molar-refractivity contribution is -0.188. The van der Waals surface area contributed by atoms with Gasteiger partial charge in [0.25, 0.3) is 6.43 Å². The van der Waals surface area contributed by atoms with Gasteiger partial charge in [-0.25, -0.2) is 26.3 Å². The minimum Gasteiger partial charge on any atom is -0.240 e. The van der Waals surface area contributed by atoms with E-state index < -0.39 is 37.3 Å². The zero-order valence-electron chi connectivity index (χ0n) is 6.71. The molecule has 3 unspecified atom stereocenters. The summed E-state index contributed by atoms with van der Waals surface area (Å²) < 4.78 is 105. The number of rotatable bonds is 4. The maximum atomic E-state index is 12.2. The summed E-state index contributed by atoms with van der Waals surface area (Å²) in [7, 11) is 0. The molecule has 0 aromatic heterocycles. The van der Waals surface area contributed by atoms with E-state index in [9.17, 15) is 39.5 Å². The summed E-state index contributed by atoms with van der Waals surface area (Å²) in [6.07, 6.45) is -25.2. The molecule has 0 amide bonds. The van der Waals surface area contributed by atoms with Crippen LogP contribution in [0, 0.1) is 6.17 Å². The van der Waals surface area contributed by atoms with Crippen molar-refractivity contribution in [1.82, 2.24) is 0 Å². The fourth-order valence-electron chi connectivity index (χ4n) is 0.576. The van der Waals surface area contributed by atoms with Crippen LogP contribution in [-0.2, 0) is 0 Å². The smallest absolute Gasteiger partial charge is 0.240 e. The molecule has 0 N–H and O–H groups in total. The Bertz CT molecular complexity index is 188. The first-order valence-corrected chi connectivity index (χ1v) is 3.38. The third-order valence-corrected chi connectivity index (χ3v) is 1.31. The van der Waals surface area contributed by atoms with Gasteiger partial charge in [-0.05, 0) is 0 Å². The Kier molecular flexibility index (Phi) is 4.72. The summed E-state index contributed by atoms with van der Waals surface area (Å²) in [5.74, 6) is 0. The molecule has 0 spiro atoms. The van der Waals surface area contributed by atoms with Crippen molar-refractivity contribution >= 4 is 0 Å². The van der Waals surface area contributed by atoms with Crippen molar-refractivity contribution in [2.75, 3.05) is 0 Å². The fraction of sp³-hybridized carbons (Fsp3) is 0.833. The molecule has 0 aliphatic rings. The predicted molar refractivity (Wildman–Crippen MR) is 31.1 cm³/mol. The Morgan fingerprint density at radius 1 is 0.867 bits per heavy atom.